The monoisotopic (exact) mass is 287 g/mol. The highest BCUT2D eigenvalue weighted by Gasteiger charge is 1.99. The fourth-order valence-corrected chi connectivity index (χ4v) is 1.60. The van der Waals surface area contributed by atoms with Gasteiger partial charge < -0.3 is 25.6 Å². The molecule has 7 heteroatoms. The maximum absolute atomic E-state index is 10.9. The van der Waals surface area contributed by atoms with Crippen molar-refractivity contribution in [3.8, 4) is 0 Å². The average Bonchev–Trinajstić information content (AvgIpc) is 2.39. The summed E-state index contributed by atoms with van der Waals surface area (Å²) in [5.74, 6) is -0.366. The predicted molar refractivity (Wildman–Crippen MR) is 81.4 cm³/mol. The third-order valence-electron chi connectivity index (χ3n) is 2.83. The Bertz CT molecular complexity index is 271. The summed E-state index contributed by atoms with van der Waals surface area (Å²) in [5, 5.41) is 16.8. The largest absolute Gasteiger partial charge is 0.411 e. The van der Waals surface area contributed by atoms with E-state index in [1.807, 2.05) is 0 Å². The van der Waals surface area contributed by atoms with Crippen LogP contribution in [-0.2, 0) is 4.79 Å². The quantitative estimate of drug-likeness (QED) is 0.194. The lowest BCUT2D eigenvalue weighted by Crippen LogP contribution is -2.31. The van der Waals surface area contributed by atoms with Crippen LogP contribution in [0, 0.1) is 0 Å². The van der Waals surface area contributed by atoms with Gasteiger partial charge in [0.05, 0.1) is 0 Å². The van der Waals surface area contributed by atoms with E-state index in [4.69, 9.17) is 5.21 Å². The molecule has 0 aliphatic heterocycles. The second-order valence-electron chi connectivity index (χ2n) is 5.10. The molecule has 20 heavy (non-hydrogen) atoms. The van der Waals surface area contributed by atoms with Crippen LogP contribution in [0.3, 0.4) is 0 Å². The highest BCUT2D eigenvalue weighted by Crippen LogP contribution is 1.87. The molecule has 0 saturated carbocycles. The van der Waals surface area contributed by atoms with Gasteiger partial charge in [0, 0.05) is 19.6 Å². The summed E-state index contributed by atoms with van der Waals surface area (Å²) in [6.45, 7) is 5.70. The van der Waals surface area contributed by atoms with E-state index in [0.717, 1.165) is 51.8 Å². The van der Waals surface area contributed by atoms with Crippen molar-refractivity contribution in [3.63, 3.8) is 0 Å². The first-order valence-corrected chi connectivity index (χ1v) is 7.05. The number of hydrogen-bond acceptors (Lipinski definition) is 6. The van der Waals surface area contributed by atoms with Crippen molar-refractivity contribution in [2.45, 2.75) is 12.8 Å². The van der Waals surface area contributed by atoms with Crippen molar-refractivity contribution >= 4 is 12.1 Å². The Kier molecular flexibility index (Phi) is 12.1. The molecule has 7 nitrogen and oxygen atoms in total. The van der Waals surface area contributed by atoms with Crippen molar-refractivity contribution < 1.29 is 10.0 Å². The van der Waals surface area contributed by atoms with E-state index in [0.29, 0.717) is 6.54 Å². The number of nitrogens with one attached hydrogen (secondary N) is 2. The lowest BCUT2D eigenvalue weighted by Gasteiger charge is -2.19. The summed E-state index contributed by atoms with van der Waals surface area (Å²) in [7, 11) is 6.31. The first kappa shape index (κ1) is 18.8. The molecule has 0 aromatic heterocycles. The summed E-state index contributed by atoms with van der Waals surface area (Å²) >= 11 is 0. The number of carbonyl (C=O) groups is 1. The van der Waals surface area contributed by atoms with Crippen molar-refractivity contribution in [1.29, 1.82) is 0 Å². The molecule has 0 heterocycles. The molecule has 3 N–H and O–H groups in total. The summed E-state index contributed by atoms with van der Waals surface area (Å²) < 4.78 is 0. The van der Waals surface area contributed by atoms with Gasteiger partial charge in [0.2, 0.25) is 0 Å². The number of amides is 1. The van der Waals surface area contributed by atoms with Crippen LogP contribution in [0.25, 0.3) is 0 Å². The minimum Gasteiger partial charge on any atom is -0.411 e. The third-order valence-corrected chi connectivity index (χ3v) is 2.83. The third kappa shape index (κ3) is 13.3. The van der Waals surface area contributed by atoms with Crippen LogP contribution in [0.15, 0.2) is 5.16 Å². The van der Waals surface area contributed by atoms with E-state index in [1.165, 1.54) is 0 Å². The van der Waals surface area contributed by atoms with Gasteiger partial charge in [-0.1, -0.05) is 5.16 Å². The molecule has 0 unspecified atom stereocenters. The molecule has 0 aliphatic rings. The summed E-state index contributed by atoms with van der Waals surface area (Å²) in [6, 6.07) is 0. The maximum atomic E-state index is 10.9. The lowest BCUT2D eigenvalue weighted by molar-refractivity contribution is -0.114. The number of nitrogens with zero attached hydrogens (tertiary/aromatic N) is 3. The second kappa shape index (κ2) is 12.8. The van der Waals surface area contributed by atoms with Gasteiger partial charge in [0.25, 0.3) is 5.91 Å². The first-order chi connectivity index (χ1) is 9.56. The molecular formula is C13H29N5O2. The molecule has 0 aromatic carbocycles. The van der Waals surface area contributed by atoms with E-state index >= 15 is 0 Å². The predicted octanol–water partition coefficient (Wildman–Crippen LogP) is -0.574. The van der Waals surface area contributed by atoms with Crippen LogP contribution in [0.2, 0.25) is 0 Å². The van der Waals surface area contributed by atoms with Crippen molar-refractivity contribution in [2.75, 3.05) is 60.4 Å². The summed E-state index contributed by atoms with van der Waals surface area (Å²) in [4.78, 5) is 15.4. The van der Waals surface area contributed by atoms with Gasteiger partial charge in [-0.05, 0) is 53.6 Å². The second-order valence-corrected chi connectivity index (χ2v) is 5.10. The van der Waals surface area contributed by atoms with Crippen molar-refractivity contribution in [3.05, 3.63) is 0 Å². The molecule has 0 aromatic rings. The topological polar surface area (TPSA) is 80.2 Å². The molecular weight excluding hydrogens is 258 g/mol. The Balaban J connectivity index is 3.26. The van der Waals surface area contributed by atoms with Crippen LogP contribution in [-0.4, -0.2) is 87.5 Å². The van der Waals surface area contributed by atoms with Gasteiger partial charge in [0.1, 0.15) is 6.21 Å². The highest BCUT2D eigenvalue weighted by atomic mass is 16.4. The molecule has 1 amide bonds. The molecule has 0 atom stereocenters. The number of rotatable bonds is 12. The standard InChI is InChI=1S/C13H29N5O2/c1-17(2)10-11-18(3)9-5-7-14-6-4-8-15-13(19)12-16-20/h12,14,20H,4-11H2,1-3H3,(H,15,19)/b16-12-. The summed E-state index contributed by atoms with van der Waals surface area (Å²) in [6.07, 6.45) is 2.84. The fourth-order valence-electron chi connectivity index (χ4n) is 1.60. The number of carbonyl (C=O) groups excluding carboxylic acids is 1. The van der Waals surface area contributed by atoms with Crippen molar-refractivity contribution in [1.82, 2.24) is 20.4 Å². The van der Waals surface area contributed by atoms with Crippen LogP contribution in [0.4, 0.5) is 0 Å². The van der Waals surface area contributed by atoms with Crippen LogP contribution >= 0.6 is 0 Å². The Morgan fingerprint density at radius 1 is 1.10 bits per heavy atom. The van der Waals surface area contributed by atoms with E-state index in [-0.39, 0.29) is 5.91 Å². The Morgan fingerprint density at radius 2 is 1.80 bits per heavy atom. The molecule has 0 bridgehead atoms. The minimum atomic E-state index is -0.366. The lowest BCUT2D eigenvalue weighted by atomic mass is 10.3. The van der Waals surface area contributed by atoms with Gasteiger partial charge in [-0.25, -0.2) is 0 Å². The molecule has 0 aliphatic carbocycles. The van der Waals surface area contributed by atoms with Gasteiger partial charge in [-0.2, -0.15) is 0 Å². The summed E-state index contributed by atoms with van der Waals surface area (Å²) in [5.41, 5.74) is 0. The molecule has 0 rings (SSSR count). The zero-order valence-corrected chi connectivity index (χ0v) is 12.9. The highest BCUT2D eigenvalue weighted by molar-refractivity contribution is 6.25. The SMILES string of the molecule is CN(C)CCN(C)CCCNCCCNC(=O)/C=N\O. The minimum absolute atomic E-state index is 0.366. The van der Waals surface area contributed by atoms with Gasteiger partial charge >= 0.3 is 0 Å². The van der Waals surface area contributed by atoms with Gasteiger partial charge in [-0.3, -0.25) is 4.79 Å². The van der Waals surface area contributed by atoms with E-state index in [1.54, 1.807) is 0 Å². The number of hydrogen-bond donors (Lipinski definition) is 3. The molecule has 0 radical (unpaired) electrons. The van der Waals surface area contributed by atoms with Gasteiger partial charge in [0.15, 0.2) is 0 Å². The van der Waals surface area contributed by atoms with Crippen LogP contribution in [0.5, 0.6) is 0 Å². The zero-order chi connectivity index (χ0) is 15.2. The Morgan fingerprint density at radius 3 is 2.45 bits per heavy atom. The van der Waals surface area contributed by atoms with E-state index < -0.39 is 0 Å². The average molecular weight is 287 g/mol. The zero-order valence-electron chi connectivity index (χ0n) is 12.9. The molecule has 0 spiro atoms. The van der Waals surface area contributed by atoms with Gasteiger partial charge in [-0.15, -0.1) is 0 Å². The molecule has 0 fully saturated rings. The normalized spacial score (nSPS) is 11.7. The number of likely N-dealkylation sites (N-methyl/N-ethyl adjacent to an activating group) is 2. The molecule has 0 saturated heterocycles. The van der Waals surface area contributed by atoms with E-state index in [2.05, 4.69) is 46.7 Å². The smallest absolute Gasteiger partial charge is 0.265 e. The Labute approximate surface area is 122 Å². The maximum Gasteiger partial charge on any atom is 0.265 e. The first-order valence-electron chi connectivity index (χ1n) is 7.05. The number of oxime groups is 1. The molecule has 118 valence electrons. The fraction of sp³-hybridized carbons (Fsp3) is 0.846. The van der Waals surface area contributed by atoms with Crippen LogP contribution in [0.1, 0.15) is 12.8 Å². The van der Waals surface area contributed by atoms with Crippen molar-refractivity contribution in [2.24, 2.45) is 5.16 Å². The van der Waals surface area contributed by atoms with E-state index in [9.17, 15) is 4.79 Å². The Hall–Kier alpha value is -1.18. The van der Waals surface area contributed by atoms with Crippen LogP contribution < -0.4 is 10.6 Å².